The van der Waals surface area contributed by atoms with Crippen LogP contribution < -0.4 is 5.32 Å². The van der Waals surface area contributed by atoms with Crippen LogP contribution in [0.25, 0.3) is 5.65 Å². The molecule has 0 amide bonds. The van der Waals surface area contributed by atoms with Gasteiger partial charge in [0.2, 0.25) is 0 Å². The number of benzene rings is 1. The van der Waals surface area contributed by atoms with E-state index in [2.05, 4.69) is 31.6 Å². The summed E-state index contributed by atoms with van der Waals surface area (Å²) in [6.45, 7) is 5.69. The summed E-state index contributed by atoms with van der Waals surface area (Å²) >= 11 is 6.27. The molecule has 1 aliphatic rings. The van der Waals surface area contributed by atoms with Crippen LogP contribution in [0.3, 0.4) is 0 Å². The van der Waals surface area contributed by atoms with Gasteiger partial charge in [-0.3, -0.25) is 4.90 Å². The monoisotopic (exact) mass is 342 g/mol. The van der Waals surface area contributed by atoms with Gasteiger partial charge in [-0.15, -0.1) is 15.3 Å². The van der Waals surface area contributed by atoms with Crippen LogP contribution in [-0.2, 0) is 13.0 Å². The van der Waals surface area contributed by atoms with Crippen molar-refractivity contribution in [2.24, 2.45) is 0 Å². The van der Waals surface area contributed by atoms with Crippen molar-refractivity contribution >= 4 is 23.1 Å². The summed E-state index contributed by atoms with van der Waals surface area (Å²) in [5, 5.41) is 16.9. The molecule has 3 aromatic rings. The van der Waals surface area contributed by atoms with Crippen molar-refractivity contribution in [1.82, 2.24) is 24.7 Å². The number of nitrogens with one attached hydrogen (secondary N) is 1. The van der Waals surface area contributed by atoms with Crippen LogP contribution in [0.5, 0.6) is 0 Å². The van der Waals surface area contributed by atoms with E-state index in [1.165, 1.54) is 11.1 Å². The largest absolute Gasteiger partial charge is 0.367 e. The van der Waals surface area contributed by atoms with Crippen molar-refractivity contribution in [3.63, 3.8) is 0 Å². The summed E-state index contributed by atoms with van der Waals surface area (Å²) in [4.78, 5) is 2.44. The van der Waals surface area contributed by atoms with Gasteiger partial charge in [0.15, 0.2) is 11.5 Å². The third-order valence-corrected chi connectivity index (χ3v) is 4.79. The Morgan fingerprint density at radius 1 is 1.21 bits per heavy atom. The van der Waals surface area contributed by atoms with Crippen LogP contribution in [0, 0.1) is 6.92 Å². The molecule has 0 radical (unpaired) electrons. The fourth-order valence-electron chi connectivity index (χ4n) is 3.14. The van der Waals surface area contributed by atoms with Crippen LogP contribution >= 0.6 is 11.6 Å². The number of nitrogens with zero attached hydrogens (tertiary/aromatic N) is 5. The van der Waals surface area contributed by atoms with Gasteiger partial charge >= 0.3 is 0 Å². The van der Waals surface area contributed by atoms with Gasteiger partial charge in [0.25, 0.3) is 0 Å². The number of halogens is 1. The lowest BCUT2D eigenvalue weighted by molar-refractivity contribution is 0.264. The second-order valence-corrected chi connectivity index (χ2v) is 6.47. The number of hydrogen-bond acceptors (Lipinski definition) is 5. The Hall–Kier alpha value is -2.18. The van der Waals surface area contributed by atoms with Gasteiger partial charge in [0, 0.05) is 31.2 Å². The van der Waals surface area contributed by atoms with E-state index < -0.39 is 0 Å². The first kappa shape index (κ1) is 15.4. The highest BCUT2D eigenvalue weighted by Crippen LogP contribution is 2.25. The lowest BCUT2D eigenvalue weighted by atomic mass is 10.00. The standard InChI is InChI=1S/C17H19ClN6/c1-12-20-21-17-6-5-16(22-24(12)17)19-8-10-23-9-7-14-13(11-23)3-2-4-15(14)18/h2-6H,7-11H2,1H3,(H,19,22). The van der Waals surface area contributed by atoms with Crippen molar-refractivity contribution in [3.05, 3.63) is 52.3 Å². The molecule has 124 valence electrons. The minimum atomic E-state index is 0.766. The molecule has 1 N–H and O–H groups in total. The van der Waals surface area contributed by atoms with E-state index in [9.17, 15) is 0 Å². The van der Waals surface area contributed by atoms with Crippen LogP contribution in [0.15, 0.2) is 30.3 Å². The highest BCUT2D eigenvalue weighted by molar-refractivity contribution is 6.31. The van der Waals surface area contributed by atoms with Crippen molar-refractivity contribution in [3.8, 4) is 0 Å². The van der Waals surface area contributed by atoms with E-state index in [-0.39, 0.29) is 0 Å². The number of hydrogen-bond donors (Lipinski definition) is 1. The second-order valence-electron chi connectivity index (χ2n) is 6.07. The van der Waals surface area contributed by atoms with Crippen molar-refractivity contribution in [1.29, 1.82) is 0 Å². The van der Waals surface area contributed by atoms with E-state index in [0.29, 0.717) is 0 Å². The zero-order valence-corrected chi connectivity index (χ0v) is 14.3. The number of anilines is 1. The molecule has 3 heterocycles. The summed E-state index contributed by atoms with van der Waals surface area (Å²) in [6.07, 6.45) is 1.01. The molecule has 0 atom stereocenters. The van der Waals surface area contributed by atoms with E-state index in [0.717, 1.165) is 54.9 Å². The first-order chi connectivity index (χ1) is 11.7. The number of rotatable bonds is 4. The van der Waals surface area contributed by atoms with E-state index in [4.69, 9.17) is 11.6 Å². The molecule has 6 nitrogen and oxygen atoms in total. The lowest BCUT2D eigenvalue weighted by Crippen LogP contribution is -2.34. The predicted octanol–water partition coefficient (Wildman–Crippen LogP) is 2.56. The predicted molar refractivity (Wildman–Crippen MR) is 94.4 cm³/mol. The summed E-state index contributed by atoms with van der Waals surface area (Å²) in [5.41, 5.74) is 3.41. The van der Waals surface area contributed by atoms with Gasteiger partial charge < -0.3 is 5.32 Å². The van der Waals surface area contributed by atoms with Crippen LogP contribution in [-0.4, -0.2) is 44.3 Å². The first-order valence-corrected chi connectivity index (χ1v) is 8.50. The highest BCUT2D eigenvalue weighted by Gasteiger charge is 2.17. The Balaban J connectivity index is 1.36. The molecular formula is C17H19ClN6. The maximum Gasteiger partial charge on any atom is 0.178 e. The van der Waals surface area contributed by atoms with Crippen LogP contribution in [0.2, 0.25) is 5.02 Å². The maximum atomic E-state index is 6.27. The second kappa shape index (κ2) is 6.37. The van der Waals surface area contributed by atoms with Gasteiger partial charge in [0.05, 0.1) is 0 Å². The smallest absolute Gasteiger partial charge is 0.178 e. The molecule has 0 saturated heterocycles. The van der Waals surface area contributed by atoms with E-state index in [1.54, 1.807) is 4.52 Å². The number of fused-ring (bicyclic) bond motifs is 2. The first-order valence-electron chi connectivity index (χ1n) is 8.12. The Kier molecular flexibility index (Phi) is 4.08. The Bertz CT molecular complexity index is 875. The zero-order chi connectivity index (χ0) is 16.5. The SMILES string of the molecule is Cc1nnc2ccc(NCCN3CCc4c(Cl)cccc4C3)nn12. The summed E-state index contributed by atoms with van der Waals surface area (Å²) in [5.74, 6) is 1.63. The Morgan fingerprint density at radius 2 is 2.12 bits per heavy atom. The molecule has 0 bridgehead atoms. The Labute approximate surface area is 145 Å². The highest BCUT2D eigenvalue weighted by atomic mass is 35.5. The molecule has 0 aliphatic carbocycles. The van der Waals surface area contributed by atoms with Crippen molar-refractivity contribution < 1.29 is 0 Å². The quantitative estimate of drug-likeness (QED) is 0.789. The third-order valence-electron chi connectivity index (χ3n) is 4.44. The molecule has 7 heteroatoms. The fraction of sp³-hybridized carbons (Fsp3) is 0.353. The average molecular weight is 343 g/mol. The molecule has 0 saturated carbocycles. The normalized spacial score (nSPS) is 14.8. The summed E-state index contributed by atoms with van der Waals surface area (Å²) in [6, 6.07) is 10.0. The molecule has 24 heavy (non-hydrogen) atoms. The minimum absolute atomic E-state index is 0.766. The van der Waals surface area contributed by atoms with Gasteiger partial charge in [-0.2, -0.15) is 4.52 Å². The van der Waals surface area contributed by atoms with E-state index >= 15 is 0 Å². The minimum Gasteiger partial charge on any atom is -0.367 e. The fourth-order valence-corrected chi connectivity index (χ4v) is 3.43. The number of aromatic nitrogens is 4. The van der Waals surface area contributed by atoms with Crippen molar-refractivity contribution in [2.45, 2.75) is 19.9 Å². The molecule has 2 aromatic heterocycles. The Morgan fingerprint density at radius 3 is 3.04 bits per heavy atom. The topological polar surface area (TPSA) is 58.4 Å². The molecule has 1 aromatic carbocycles. The molecule has 0 unspecified atom stereocenters. The zero-order valence-electron chi connectivity index (χ0n) is 13.5. The molecule has 1 aliphatic heterocycles. The molecule has 0 spiro atoms. The van der Waals surface area contributed by atoms with Gasteiger partial charge in [0.1, 0.15) is 5.82 Å². The van der Waals surface area contributed by atoms with Gasteiger partial charge in [-0.25, -0.2) is 0 Å². The summed E-state index contributed by atoms with van der Waals surface area (Å²) < 4.78 is 1.75. The molecular weight excluding hydrogens is 324 g/mol. The molecule has 0 fully saturated rings. The van der Waals surface area contributed by atoms with Crippen LogP contribution in [0.4, 0.5) is 5.82 Å². The van der Waals surface area contributed by atoms with Crippen LogP contribution in [0.1, 0.15) is 17.0 Å². The molecule has 4 rings (SSSR count). The third kappa shape index (κ3) is 2.95. The van der Waals surface area contributed by atoms with Crippen molar-refractivity contribution in [2.75, 3.05) is 25.0 Å². The van der Waals surface area contributed by atoms with Gasteiger partial charge in [-0.1, -0.05) is 23.7 Å². The maximum absolute atomic E-state index is 6.27. The van der Waals surface area contributed by atoms with Gasteiger partial charge in [-0.05, 0) is 42.7 Å². The average Bonchev–Trinajstić information content (AvgIpc) is 2.96. The lowest BCUT2D eigenvalue weighted by Gasteiger charge is -2.29. The van der Waals surface area contributed by atoms with E-state index in [1.807, 2.05) is 31.2 Å². The summed E-state index contributed by atoms with van der Waals surface area (Å²) in [7, 11) is 0. The number of aryl methyl sites for hydroxylation is 1.